The van der Waals surface area contributed by atoms with Crippen LogP contribution in [0.3, 0.4) is 0 Å². The highest BCUT2D eigenvalue weighted by Gasteiger charge is 1.94. The van der Waals surface area contributed by atoms with E-state index in [1.807, 2.05) is 27.7 Å². The average molecular weight is 173 g/mol. The first kappa shape index (κ1) is 12.2. The maximum absolute atomic E-state index is 5.25. The Kier molecular flexibility index (Phi) is 11.6. The fourth-order valence-electron chi connectivity index (χ4n) is 0.544. The fraction of sp³-hybridized carbons (Fsp3) is 1.00. The van der Waals surface area contributed by atoms with Crippen molar-refractivity contribution in [2.24, 2.45) is 0 Å². The lowest BCUT2D eigenvalue weighted by molar-refractivity contribution is 0.0300. The summed E-state index contributed by atoms with van der Waals surface area (Å²) in [5, 5.41) is 0. The van der Waals surface area contributed by atoms with Crippen LogP contribution >= 0.6 is 21.7 Å². The van der Waals surface area contributed by atoms with Crippen LogP contribution in [0.5, 0.6) is 0 Å². The molecule has 0 amide bonds. The molecule has 0 aliphatic rings. The van der Waals surface area contributed by atoms with Crippen LogP contribution in [0, 0.1) is 0 Å². The lowest BCUT2D eigenvalue weighted by Crippen LogP contribution is -2.09. The normalized spacial score (nSPS) is 9.33. The lowest BCUT2D eigenvalue weighted by Gasteiger charge is -2.09. The lowest BCUT2D eigenvalue weighted by atomic mass is 10.4. The number of halogens is 2. The molecule has 0 rings (SSSR count). The summed E-state index contributed by atoms with van der Waals surface area (Å²) in [7, 11) is 8.22. The van der Waals surface area contributed by atoms with Crippen LogP contribution in [0.25, 0.3) is 0 Å². The molecular formula is C6H14Cl2O. The minimum Gasteiger partial charge on any atom is -0.376 e. The predicted molar refractivity (Wildman–Crippen MR) is 43.1 cm³/mol. The zero-order valence-electron chi connectivity index (χ0n) is 6.32. The summed E-state index contributed by atoms with van der Waals surface area (Å²) in [6.07, 6.45) is 0.750. The quantitative estimate of drug-likeness (QED) is 0.622. The van der Waals surface area contributed by atoms with Crippen molar-refractivity contribution in [3.05, 3.63) is 0 Å². The van der Waals surface area contributed by atoms with Gasteiger partial charge in [0.2, 0.25) is 0 Å². The molecule has 0 aliphatic heterocycles. The molecule has 0 aromatic carbocycles. The molecule has 0 aromatic rings. The molecule has 0 N–H and O–H groups in total. The maximum Gasteiger partial charge on any atom is 0.0522 e. The number of hydrogen-bond donors (Lipinski definition) is 0. The number of rotatable bonds is 2. The molecule has 0 aromatic heterocycles. The van der Waals surface area contributed by atoms with E-state index in [0.29, 0.717) is 12.2 Å². The van der Waals surface area contributed by atoms with Crippen molar-refractivity contribution in [1.82, 2.24) is 0 Å². The summed E-state index contributed by atoms with van der Waals surface area (Å²) in [5.74, 6) is 0. The van der Waals surface area contributed by atoms with E-state index >= 15 is 0 Å². The maximum atomic E-state index is 5.25. The van der Waals surface area contributed by atoms with Gasteiger partial charge in [-0.25, -0.2) is 0 Å². The van der Waals surface area contributed by atoms with Gasteiger partial charge in [0.1, 0.15) is 0 Å². The monoisotopic (exact) mass is 172 g/mol. The summed E-state index contributed by atoms with van der Waals surface area (Å²) >= 11 is 0. The van der Waals surface area contributed by atoms with E-state index < -0.39 is 0 Å². The van der Waals surface area contributed by atoms with Gasteiger partial charge in [0, 0.05) is 21.7 Å². The Labute approximate surface area is 66.9 Å². The molecule has 0 saturated carbocycles. The molecular weight excluding hydrogens is 159 g/mol. The summed E-state index contributed by atoms with van der Waals surface area (Å²) in [4.78, 5) is 0. The minimum absolute atomic E-state index is 0.375. The molecule has 0 saturated heterocycles. The zero-order valence-corrected chi connectivity index (χ0v) is 7.83. The SMILES string of the molecule is CC(C)OC(C)C.ClCl. The molecule has 1 nitrogen and oxygen atoms in total. The van der Waals surface area contributed by atoms with Crippen molar-refractivity contribution < 1.29 is 4.74 Å². The third-order valence-electron chi connectivity index (χ3n) is 0.544. The smallest absolute Gasteiger partial charge is 0.0522 e. The van der Waals surface area contributed by atoms with Crippen molar-refractivity contribution in [2.45, 2.75) is 39.9 Å². The largest absolute Gasteiger partial charge is 0.376 e. The minimum atomic E-state index is 0.375. The van der Waals surface area contributed by atoms with E-state index in [2.05, 4.69) is 21.7 Å². The third kappa shape index (κ3) is 17.7. The van der Waals surface area contributed by atoms with Gasteiger partial charge >= 0.3 is 0 Å². The van der Waals surface area contributed by atoms with E-state index in [9.17, 15) is 0 Å². The Morgan fingerprint density at radius 2 is 1.11 bits per heavy atom. The molecule has 9 heavy (non-hydrogen) atoms. The van der Waals surface area contributed by atoms with Crippen LogP contribution in [-0.4, -0.2) is 12.2 Å². The van der Waals surface area contributed by atoms with Crippen molar-refractivity contribution in [3.8, 4) is 0 Å². The number of ether oxygens (including phenoxy) is 1. The van der Waals surface area contributed by atoms with E-state index in [1.165, 1.54) is 0 Å². The van der Waals surface area contributed by atoms with Gasteiger partial charge in [-0.05, 0) is 27.7 Å². The van der Waals surface area contributed by atoms with Crippen molar-refractivity contribution >= 4 is 21.7 Å². The topological polar surface area (TPSA) is 9.23 Å². The summed E-state index contributed by atoms with van der Waals surface area (Å²) < 4.78 is 5.25. The highest BCUT2D eigenvalue weighted by atomic mass is 36.5. The summed E-state index contributed by atoms with van der Waals surface area (Å²) in [5.41, 5.74) is 0. The highest BCUT2D eigenvalue weighted by molar-refractivity contribution is 6.85. The highest BCUT2D eigenvalue weighted by Crippen LogP contribution is 1.93. The van der Waals surface area contributed by atoms with E-state index in [1.54, 1.807) is 0 Å². The Bertz CT molecular complexity index is 40.3. The van der Waals surface area contributed by atoms with Gasteiger partial charge in [0.15, 0.2) is 0 Å². The first-order valence-electron chi connectivity index (χ1n) is 2.92. The van der Waals surface area contributed by atoms with Crippen molar-refractivity contribution in [3.63, 3.8) is 0 Å². The van der Waals surface area contributed by atoms with E-state index in [4.69, 9.17) is 4.74 Å². The molecule has 0 atom stereocenters. The fourth-order valence-corrected chi connectivity index (χ4v) is 0.544. The van der Waals surface area contributed by atoms with Crippen LogP contribution in [0.1, 0.15) is 27.7 Å². The second kappa shape index (κ2) is 8.54. The Balaban J connectivity index is 0. The van der Waals surface area contributed by atoms with Crippen LogP contribution in [0.4, 0.5) is 0 Å². The molecule has 3 heteroatoms. The standard InChI is InChI=1S/C6H14O.Cl2/c1-5(2)7-6(3)4;1-2/h5-6H,1-4H3;. The van der Waals surface area contributed by atoms with E-state index in [0.717, 1.165) is 0 Å². The van der Waals surface area contributed by atoms with Gasteiger partial charge in [0.25, 0.3) is 0 Å². The van der Waals surface area contributed by atoms with E-state index in [-0.39, 0.29) is 0 Å². The molecule has 0 spiro atoms. The van der Waals surface area contributed by atoms with Crippen LogP contribution in [-0.2, 0) is 4.74 Å². The predicted octanol–water partition coefficient (Wildman–Crippen LogP) is 3.20. The van der Waals surface area contributed by atoms with Crippen molar-refractivity contribution in [1.29, 1.82) is 0 Å². The van der Waals surface area contributed by atoms with Gasteiger partial charge < -0.3 is 4.74 Å². The summed E-state index contributed by atoms with van der Waals surface area (Å²) in [6, 6.07) is 0. The molecule has 0 unspecified atom stereocenters. The Morgan fingerprint density at radius 1 is 0.889 bits per heavy atom. The first-order valence-corrected chi connectivity index (χ1v) is 4.07. The summed E-state index contributed by atoms with van der Waals surface area (Å²) in [6.45, 7) is 8.17. The van der Waals surface area contributed by atoms with Crippen LogP contribution in [0.2, 0.25) is 0 Å². The third-order valence-corrected chi connectivity index (χ3v) is 0.544. The molecule has 0 heterocycles. The second-order valence-electron chi connectivity index (χ2n) is 2.23. The second-order valence-corrected chi connectivity index (χ2v) is 2.23. The molecule has 58 valence electrons. The first-order chi connectivity index (χ1) is 4.13. The zero-order chi connectivity index (χ0) is 7.86. The van der Waals surface area contributed by atoms with Gasteiger partial charge in [-0.15, -0.1) is 0 Å². The molecule has 0 bridgehead atoms. The van der Waals surface area contributed by atoms with Crippen LogP contribution < -0.4 is 0 Å². The van der Waals surface area contributed by atoms with Gasteiger partial charge in [0.05, 0.1) is 12.2 Å². The van der Waals surface area contributed by atoms with Gasteiger partial charge in [-0.2, -0.15) is 0 Å². The molecule has 0 fully saturated rings. The average Bonchev–Trinajstić information content (AvgIpc) is 1.68. The van der Waals surface area contributed by atoms with Gasteiger partial charge in [-0.3, -0.25) is 0 Å². The Morgan fingerprint density at radius 3 is 1.11 bits per heavy atom. The molecule has 0 aliphatic carbocycles. The van der Waals surface area contributed by atoms with Crippen molar-refractivity contribution in [2.75, 3.05) is 0 Å². The van der Waals surface area contributed by atoms with Crippen LogP contribution in [0.15, 0.2) is 0 Å². The Hall–Kier alpha value is 0.540. The molecule has 0 radical (unpaired) electrons. The van der Waals surface area contributed by atoms with Gasteiger partial charge in [-0.1, -0.05) is 0 Å². The number of hydrogen-bond acceptors (Lipinski definition) is 1.